The Kier molecular flexibility index (Phi) is 6.93. The lowest BCUT2D eigenvalue weighted by molar-refractivity contribution is 0.0777. The number of aromatic nitrogens is 1. The number of ether oxygens (including phenoxy) is 2. The van der Waals surface area contributed by atoms with Gasteiger partial charge in [0.05, 0.1) is 24.4 Å². The lowest BCUT2D eigenvalue weighted by Gasteiger charge is -2.28. The van der Waals surface area contributed by atoms with E-state index in [2.05, 4.69) is 26.1 Å². The van der Waals surface area contributed by atoms with Crippen LogP contribution in [-0.4, -0.2) is 38.5 Å². The molecule has 0 aliphatic heterocycles. The van der Waals surface area contributed by atoms with Crippen molar-refractivity contribution in [3.05, 3.63) is 15.6 Å². The minimum Gasteiger partial charge on any atom is -0.383 e. The maximum atomic E-state index is 5.63. The quantitative estimate of drug-likeness (QED) is 0.708. The Morgan fingerprint density at radius 2 is 2.11 bits per heavy atom. The molecule has 1 rings (SSSR count). The predicted octanol–water partition coefficient (Wildman–Crippen LogP) is 2.50. The molecule has 1 aromatic rings. The molecule has 0 aromatic carbocycles. The van der Waals surface area contributed by atoms with E-state index >= 15 is 0 Å². The number of rotatable bonds is 9. The van der Waals surface area contributed by atoms with Crippen LogP contribution in [0.3, 0.4) is 0 Å². The molecule has 4 nitrogen and oxygen atoms in total. The summed E-state index contributed by atoms with van der Waals surface area (Å²) in [6.07, 6.45) is 0.977. The Morgan fingerprint density at radius 1 is 1.37 bits per heavy atom. The van der Waals surface area contributed by atoms with Crippen LogP contribution in [-0.2, 0) is 21.4 Å². The van der Waals surface area contributed by atoms with Gasteiger partial charge in [0.2, 0.25) is 0 Å². The fraction of sp³-hybridized carbons (Fsp3) is 0.786. The Hall–Kier alpha value is -0.490. The van der Waals surface area contributed by atoms with Gasteiger partial charge in [-0.05, 0) is 27.2 Å². The van der Waals surface area contributed by atoms with E-state index in [1.165, 1.54) is 10.6 Å². The highest BCUT2D eigenvalue weighted by atomic mass is 32.1. The van der Waals surface area contributed by atoms with Crippen molar-refractivity contribution in [1.29, 1.82) is 0 Å². The molecule has 0 saturated carbocycles. The number of aryl methyl sites for hydroxylation is 2. The first-order valence-corrected chi connectivity index (χ1v) is 7.67. The van der Waals surface area contributed by atoms with E-state index in [0.717, 1.165) is 18.0 Å². The molecule has 1 unspecified atom stereocenters. The second-order valence-corrected chi connectivity index (χ2v) is 5.97. The summed E-state index contributed by atoms with van der Waals surface area (Å²) in [5.74, 6) is 0. The lowest BCUT2D eigenvalue weighted by Crippen LogP contribution is -2.45. The van der Waals surface area contributed by atoms with Gasteiger partial charge in [0.25, 0.3) is 0 Å². The summed E-state index contributed by atoms with van der Waals surface area (Å²) in [5, 5.41) is 4.61. The number of hydrogen-bond donors (Lipinski definition) is 1. The molecule has 1 heterocycles. The van der Waals surface area contributed by atoms with Gasteiger partial charge in [-0.1, -0.05) is 6.92 Å². The van der Waals surface area contributed by atoms with E-state index in [1.54, 1.807) is 18.4 Å². The molecule has 0 fully saturated rings. The van der Waals surface area contributed by atoms with Crippen LogP contribution >= 0.6 is 11.3 Å². The molecule has 0 amide bonds. The van der Waals surface area contributed by atoms with Gasteiger partial charge in [-0.2, -0.15) is 0 Å². The van der Waals surface area contributed by atoms with Crippen LogP contribution in [0.25, 0.3) is 0 Å². The summed E-state index contributed by atoms with van der Waals surface area (Å²) < 4.78 is 10.7. The SMILES string of the molecule is CCOCC(C)(NCCOC)c1nc(CC)c(C)s1. The van der Waals surface area contributed by atoms with Crippen LogP contribution < -0.4 is 5.32 Å². The molecule has 0 saturated heterocycles. The lowest BCUT2D eigenvalue weighted by atomic mass is 10.1. The second-order valence-electron chi connectivity index (χ2n) is 4.76. The van der Waals surface area contributed by atoms with Crippen molar-refractivity contribution >= 4 is 11.3 Å². The second kappa shape index (κ2) is 7.94. The molecule has 1 atom stereocenters. The third kappa shape index (κ3) is 4.53. The minimum atomic E-state index is -0.239. The molecule has 1 aromatic heterocycles. The van der Waals surface area contributed by atoms with Crippen molar-refractivity contribution in [2.24, 2.45) is 0 Å². The van der Waals surface area contributed by atoms with Gasteiger partial charge in [0.15, 0.2) is 0 Å². The van der Waals surface area contributed by atoms with Gasteiger partial charge in [-0.3, -0.25) is 0 Å². The first kappa shape index (κ1) is 16.6. The van der Waals surface area contributed by atoms with Crippen LogP contribution in [0.5, 0.6) is 0 Å². The number of thiazole rings is 1. The first-order chi connectivity index (χ1) is 9.07. The van der Waals surface area contributed by atoms with Gasteiger partial charge >= 0.3 is 0 Å². The van der Waals surface area contributed by atoms with E-state index in [4.69, 9.17) is 14.5 Å². The van der Waals surface area contributed by atoms with Gasteiger partial charge in [0.1, 0.15) is 5.01 Å². The van der Waals surface area contributed by atoms with E-state index < -0.39 is 0 Å². The van der Waals surface area contributed by atoms with Gasteiger partial charge in [-0.15, -0.1) is 11.3 Å². The summed E-state index contributed by atoms with van der Waals surface area (Å²) in [7, 11) is 1.71. The summed E-state index contributed by atoms with van der Waals surface area (Å²) in [6.45, 7) is 11.3. The highest BCUT2D eigenvalue weighted by Gasteiger charge is 2.30. The normalized spacial score (nSPS) is 14.6. The van der Waals surface area contributed by atoms with Crippen molar-refractivity contribution in [1.82, 2.24) is 10.3 Å². The van der Waals surface area contributed by atoms with E-state index in [-0.39, 0.29) is 5.54 Å². The monoisotopic (exact) mass is 286 g/mol. The number of methoxy groups -OCH3 is 1. The minimum absolute atomic E-state index is 0.239. The molecule has 1 N–H and O–H groups in total. The summed E-state index contributed by atoms with van der Waals surface area (Å²) in [4.78, 5) is 6.07. The summed E-state index contributed by atoms with van der Waals surface area (Å²) in [6, 6.07) is 0. The molecule has 0 aliphatic carbocycles. The fourth-order valence-electron chi connectivity index (χ4n) is 1.92. The molecular weight excluding hydrogens is 260 g/mol. The van der Waals surface area contributed by atoms with Gasteiger partial charge in [0, 0.05) is 25.1 Å². The maximum Gasteiger partial charge on any atom is 0.115 e. The Bertz CT molecular complexity index is 382. The van der Waals surface area contributed by atoms with Gasteiger partial charge < -0.3 is 14.8 Å². The van der Waals surface area contributed by atoms with Crippen molar-refractivity contribution in [3.8, 4) is 0 Å². The van der Waals surface area contributed by atoms with Crippen LogP contribution in [0.4, 0.5) is 0 Å². The maximum absolute atomic E-state index is 5.63. The molecule has 110 valence electrons. The molecule has 0 aliphatic rings. The summed E-state index contributed by atoms with van der Waals surface area (Å²) >= 11 is 1.76. The molecular formula is C14H26N2O2S. The zero-order valence-corrected chi connectivity index (χ0v) is 13.5. The van der Waals surface area contributed by atoms with Crippen LogP contribution in [0.2, 0.25) is 0 Å². The third-order valence-electron chi connectivity index (χ3n) is 3.12. The average molecular weight is 286 g/mol. The Labute approximate surface area is 120 Å². The van der Waals surface area contributed by atoms with E-state index in [0.29, 0.717) is 19.8 Å². The van der Waals surface area contributed by atoms with Crippen molar-refractivity contribution < 1.29 is 9.47 Å². The molecule has 0 spiro atoms. The average Bonchev–Trinajstić information content (AvgIpc) is 2.78. The highest BCUT2D eigenvalue weighted by Crippen LogP contribution is 2.28. The molecule has 0 radical (unpaired) electrons. The first-order valence-electron chi connectivity index (χ1n) is 6.85. The number of nitrogens with one attached hydrogen (secondary N) is 1. The highest BCUT2D eigenvalue weighted by molar-refractivity contribution is 7.11. The number of nitrogens with zero attached hydrogens (tertiary/aromatic N) is 1. The molecule has 19 heavy (non-hydrogen) atoms. The smallest absolute Gasteiger partial charge is 0.115 e. The Balaban J connectivity index is 2.86. The van der Waals surface area contributed by atoms with Crippen molar-refractivity contribution in [2.75, 3.05) is 33.5 Å². The summed E-state index contributed by atoms with van der Waals surface area (Å²) in [5.41, 5.74) is 0.952. The number of hydrogen-bond acceptors (Lipinski definition) is 5. The predicted molar refractivity (Wildman–Crippen MR) is 80.0 cm³/mol. The molecule has 5 heteroatoms. The standard InChI is InChI=1S/C14H26N2O2S/c1-6-12-11(3)19-13(16-12)14(4,10-18-7-2)15-8-9-17-5/h15H,6-10H2,1-5H3. The zero-order chi connectivity index (χ0) is 14.3. The third-order valence-corrected chi connectivity index (χ3v) is 4.39. The van der Waals surface area contributed by atoms with Gasteiger partial charge in [-0.25, -0.2) is 4.98 Å². The van der Waals surface area contributed by atoms with Crippen molar-refractivity contribution in [3.63, 3.8) is 0 Å². The van der Waals surface area contributed by atoms with E-state index in [1.807, 2.05) is 6.92 Å². The van der Waals surface area contributed by atoms with Crippen LogP contribution in [0.1, 0.15) is 36.3 Å². The fourth-order valence-corrected chi connectivity index (χ4v) is 3.03. The van der Waals surface area contributed by atoms with Crippen LogP contribution in [0.15, 0.2) is 0 Å². The largest absolute Gasteiger partial charge is 0.383 e. The zero-order valence-electron chi connectivity index (χ0n) is 12.7. The topological polar surface area (TPSA) is 43.4 Å². The Morgan fingerprint density at radius 3 is 2.63 bits per heavy atom. The van der Waals surface area contributed by atoms with Crippen LogP contribution in [0, 0.1) is 6.92 Å². The van der Waals surface area contributed by atoms with E-state index in [9.17, 15) is 0 Å². The van der Waals surface area contributed by atoms with Crippen molar-refractivity contribution in [2.45, 2.75) is 39.7 Å². The molecule has 0 bridgehead atoms.